The Kier molecular flexibility index (Phi) is 4.92. The molecule has 4 aromatic rings. The molecule has 2 aromatic carbocycles. The number of carbonyl (C=O) groups excluding carboxylic acids is 1. The molecule has 0 radical (unpaired) electrons. The van der Waals surface area contributed by atoms with E-state index in [2.05, 4.69) is 48.4 Å². The quantitative estimate of drug-likeness (QED) is 0.381. The van der Waals surface area contributed by atoms with Crippen LogP contribution in [0.4, 0.5) is 5.69 Å². The summed E-state index contributed by atoms with van der Waals surface area (Å²) in [5.74, 6) is 0.0227. The highest BCUT2D eigenvalue weighted by Gasteiger charge is 2.20. The van der Waals surface area contributed by atoms with E-state index in [9.17, 15) is 9.90 Å². The van der Waals surface area contributed by atoms with Gasteiger partial charge in [0.25, 0.3) is 0 Å². The SMILES string of the molecule is Cc1cc(C)c2c(c1)c(C)cc1nnc(SC(C)C(=O)Nc3ccc(O)cc3)n12. The molecule has 1 unspecified atom stereocenters. The summed E-state index contributed by atoms with van der Waals surface area (Å²) in [6.07, 6.45) is 0. The molecule has 1 atom stereocenters. The van der Waals surface area contributed by atoms with Crippen molar-refractivity contribution in [1.82, 2.24) is 14.6 Å². The summed E-state index contributed by atoms with van der Waals surface area (Å²) in [4.78, 5) is 12.6. The Labute approximate surface area is 173 Å². The Morgan fingerprint density at radius 3 is 2.52 bits per heavy atom. The van der Waals surface area contributed by atoms with Crippen molar-refractivity contribution >= 4 is 39.9 Å². The number of pyridine rings is 1. The number of thioether (sulfide) groups is 1. The molecule has 1 amide bonds. The maximum Gasteiger partial charge on any atom is 0.237 e. The summed E-state index contributed by atoms with van der Waals surface area (Å²) < 4.78 is 2.03. The second-order valence-corrected chi connectivity index (χ2v) is 8.59. The van der Waals surface area contributed by atoms with Crippen molar-refractivity contribution in [2.24, 2.45) is 0 Å². The van der Waals surface area contributed by atoms with Crippen LogP contribution in [0.1, 0.15) is 23.6 Å². The van der Waals surface area contributed by atoms with Crippen LogP contribution in [0.25, 0.3) is 16.6 Å². The lowest BCUT2D eigenvalue weighted by Crippen LogP contribution is -2.22. The predicted octanol–water partition coefficient (Wildman–Crippen LogP) is 4.63. The number of phenols is 1. The van der Waals surface area contributed by atoms with Crippen molar-refractivity contribution in [3.63, 3.8) is 0 Å². The van der Waals surface area contributed by atoms with Crippen LogP contribution >= 0.6 is 11.8 Å². The average Bonchev–Trinajstić information content (AvgIpc) is 3.05. The number of nitrogens with one attached hydrogen (secondary N) is 1. The van der Waals surface area contributed by atoms with E-state index in [4.69, 9.17) is 0 Å². The van der Waals surface area contributed by atoms with E-state index in [0.29, 0.717) is 10.8 Å². The lowest BCUT2D eigenvalue weighted by Gasteiger charge is -2.14. The molecule has 4 rings (SSSR count). The van der Waals surface area contributed by atoms with Gasteiger partial charge in [0.2, 0.25) is 5.91 Å². The second-order valence-electron chi connectivity index (χ2n) is 7.28. The zero-order valence-corrected chi connectivity index (χ0v) is 17.5. The van der Waals surface area contributed by atoms with Gasteiger partial charge in [-0.1, -0.05) is 23.4 Å². The summed E-state index contributed by atoms with van der Waals surface area (Å²) >= 11 is 1.37. The van der Waals surface area contributed by atoms with E-state index >= 15 is 0 Å². The summed E-state index contributed by atoms with van der Waals surface area (Å²) in [7, 11) is 0. The Balaban J connectivity index is 1.68. The molecule has 0 saturated carbocycles. The minimum Gasteiger partial charge on any atom is -0.508 e. The predicted molar refractivity (Wildman–Crippen MR) is 117 cm³/mol. The zero-order valence-electron chi connectivity index (χ0n) is 16.7. The van der Waals surface area contributed by atoms with Gasteiger partial charge in [-0.15, -0.1) is 10.2 Å². The fourth-order valence-electron chi connectivity index (χ4n) is 3.49. The monoisotopic (exact) mass is 406 g/mol. The molecule has 0 fully saturated rings. The number of hydrogen-bond acceptors (Lipinski definition) is 5. The van der Waals surface area contributed by atoms with Gasteiger partial charge in [0, 0.05) is 11.1 Å². The number of aromatic hydroxyl groups is 1. The summed E-state index contributed by atoms with van der Waals surface area (Å²) in [5, 5.41) is 22.4. The van der Waals surface area contributed by atoms with Gasteiger partial charge in [-0.05, 0) is 75.2 Å². The smallest absolute Gasteiger partial charge is 0.237 e. The number of rotatable bonds is 4. The molecule has 148 valence electrons. The van der Waals surface area contributed by atoms with Gasteiger partial charge in [0.1, 0.15) is 5.75 Å². The molecule has 2 heterocycles. The Bertz CT molecular complexity index is 1230. The summed E-state index contributed by atoms with van der Waals surface area (Å²) in [6, 6.07) is 12.8. The van der Waals surface area contributed by atoms with E-state index in [1.54, 1.807) is 24.3 Å². The standard InChI is InChI=1S/C22H22N4O2S/c1-12-9-14(3)20-18(10-12)13(2)11-19-24-25-22(26(19)20)29-15(4)21(28)23-16-5-7-17(27)8-6-16/h5-11,15,27H,1-4H3,(H,23,28). The third-order valence-electron chi connectivity index (χ3n) is 4.88. The van der Waals surface area contributed by atoms with Crippen molar-refractivity contribution in [3.8, 4) is 5.75 Å². The summed E-state index contributed by atoms with van der Waals surface area (Å²) in [5.41, 5.74) is 6.00. The highest BCUT2D eigenvalue weighted by atomic mass is 32.2. The fraction of sp³-hybridized carbons (Fsp3) is 0.227. The number of aromatic nitrogens is 3. The molecule has 29 heavy (non-hydrogen) atoms. The minimum atomic E-state index is -0.377. The Hall–Kier alpha value is -3.06. The highest BCUT2D eigenvalue weighted by Crippen LogP contribution is 2.31. The number of nitrogens with zero attached hydrogens (tertiary/aromatic N) is 3. The Morgan fingerprint density at radius 2 is 1.79 bits per heavy atom. The molecule has 0 saturated heterocycles. The van der Waals surface area contributed by atoms with E-state index < -0.39 is 0 Å². The second kappa shape index (κ2) is 7.40. The Morgan fingerprint density at radius 1 is 1.07 bits per heavy atom. The highest BCUT2D eigenvalue weighted by molar-refractivity contribution is 8.00. The van der Waals surface area contributed by atoms with Crippen LogP contribution in [-0.4, -0.2) is 30.9 Å². The van der Waals surface area contributed by atoms with Gasteiger partial charge in [-0.2, -0.15) is 0 Å². The molecule has 2 aromatic heterocycles. The lowest BCUT2D eigenvalue weighted by atomic mass is 10.0. The molecular formula is C22H22N4O2S. The van der Waals surface area contributed by atoms with Crippen molar-refractivity contribution in [3.05, 3.63) is 59.2 Å². The lowest BCUT2D eigenvalue weighted by molar-refractivity contribution is -0.115. The third-order valence-corrected chi connectivity index (χ3v) is 5.93. The number of phenolic OH excluding ortho intramolecular Hbond substituents is 1. The van der Waals surface area contributed by atoms with Gasteiger partial charge < -0.3 is 10.4 Å². The van der Waals surface area contributed by atoms with Crippen molar-refractivity contribution in [1.29, 1.82) is 0 Å². The minimum absolute atomic E-state index is 0.138. The maximum atomic E-state index is 12.6. The van der Waals surface area contributed by atoms with Crippen molar-refractivity contribution in [2.45, 2.75) is 38.1 Å². The van der Waals surface area contributed by atoms with E-state index in [1.165, 1.54) is 17.3 Å². The van der Waals surface area contributed by atoms with Gasteiger partial charge >= 0.3 is 0 Å². The average molecular weight is 407 g/mol. The van der Waals surface area contributed by atoms with Gasteiger partial charge in [-0.25, -0.2) is 0 Å². The van der Waals surface area contributed by atoms with Gasteiger partial charge in [0.15, 0.2) is 10.8 Å². The van der Waals surface area contributed by atoms with E-state index in [0.717, 1.165) is 27.7 Å². The molecule has 2 N–H and O–H groups in total. The molecule has 0 bridgehead atoms. The van der Waals surface area contributed by atoms with Crippen LogP contribution in [0.2, 0.25) is 0 Å². The van der Waals surface area contributed by atoms with Crippen LogP contribution < -0.4 is 5.32 Å². The molecule has 7 heteroatoms. The molecule has 0 aliphatic rings. The first kappa shape index (κ1) is 19.3. The van der Waals surface area contributed by atoms with Crippen molar-refractivity contribution in [2.75, 3.05) is 5.32 Å². The van der Waals surface area contributed by atoms with Gasteiger partial charge in [0.05, 0.1) is 10.8 Å². The number of benzene rings is 2. The van der Waals surface area contributed by atoms with E-state index in [-0.39, 0.29) is 16.9 Å². The van der Waals surface area contributed by atoms with Crippen LogP contribution in [0.3, 0.4) is 0 Å². The fourth-order valence-corrected chi connectivity index (χ4v) is 4.35. The molecule has 6 nitrogen and oxygen atoms in total. The number of carbonyl (C=O) groups is 1. The molecular weight excluding hydrogens is 384 g/mol. The largest absolute Gasteiger partial charge is 0.508 e. The number of fused-ring (bicyclic) bond motifs is 3. The van der Waals surface area contributed by atoms with Crippen LogP contribution in [0.15, 0.2) is 47.6 Å². The topological polar surface area (TPSA) is 79.5 Å². The number of hydrogen-bond donors (Lipinski definition) is 2. The first-order valence-corrected chi connectivity index (χ1v) is 10.2. The van der Waals surface area contributed by atoms with Crippen LogP contribution in [-0.2, 0) is 4.79 Å². The number of anilines is 1. The van der Waals surface area contributed by atoms with E-state index in [1.807, 2.05) is 17.4 Å². The maximum absolute atomic E-state index is 12.6. The third kappa shape index (κ3) is 3.65. The normalized spacial score (nSPS) is 12.4. The zero-order chi connectivity index (χ0) is 20.7. The first-order chi connectivity index (χ1) is 13.8. The van der Waals surface area contributed by atoms with Crippen LogP contribution in [0.5, 0.6) is 5.75 Å². The molecule has 0 aliphatic heterocycles. The first-order valence-electron chi connectivity index (χ1n) is 9.36. The number of amides is 1. The number of aryl methyl sites for hydroxylation is 3. The van der Waals surface area contributed by atoms with Gasteiger partial charge in [-0.3, -0.25) is 9.20 Å². The van der Waals surface area contributed by atoms with Crippen molar-refractivity contribution < 1.29 is 9.90 Å². The summed E-state index contributed by atoms with van der Waals surface area (Å²) in [6.45, 7) is 8.10. The van der Waals surface area contributed by atoms with Crippen LogP contribution in [0, 0.1) is 20.8 Å². The molecule has 0 aliphatic carbocycles. The molecule has 0 spiro atoms.